The Labute approximate surface area is 172 Å². The van der Waals surface area contributed by atoms with Crippen molar-refractivity contribution in [3.05, 3.63) is 59.9 Å². The summed E-state index contributed by atoms with van der Waals surface area (Å²) in [5, 5.41) is 14.3. The molecule has 3 aromatic rings. The van der Waals surface area contributed by atoms with Crippen molar-refractivity contribution in [2.75, 3.05) is 19.7 Å². The van der Waals surface area contributed by atoms with Gasteiger partial charge < -0.3 is 14.7 Å². The first-order chi connectivity index (χ1) is 14.2. The molecule has 5 nitrogen and oxygen atoms in total. The lowest BCUT2D eigenvalue weighted by atomic mass is 9.86. The summed E-state index contributed by atoms with van der Waals surface area (Å²) < 4.78 is 7.79. The van der Waals surface area contributed by atoms with E-state index >= 15 is 0 Å². The lowest BCUT2D eigenvalue weighted by Crippen LogP contribution is -2.40. The van der Waals surface area contributed by atoms with E-state index in [2.05, 4.69) is 23.0 Å². The molecule has 4 rings (SSSR count). The first kappa shape index (κ1) is 19.8. The van der Waals surface area contributed by atoms with Gasteiger partial charge in [-0.3, -0.25) is 0 Å². The number of hydrogen-bond acceptors (Lipinski definition) is 4. The van der Waals surface area contributed by atoms with Gasteiger partial charge in [0.05, 0.1) is 12.1 Å². The molecule has 1 aliphatic carbocycles. The SMILES string of the molecule is CCCN(CCCCOc1ccn2nccc2c1)[C@H]1CCc2c(O)cccc2C1. The van der Waals surface area contributed by atoms with Gasteiger partial charge >= 0.3 is 0 Å². The van der Waals surface area contributed by atoms with Crippen LogP contribution in [0.25, 0.3) is 5.52 Å². The normalized spacial score (nSPS) is 16.3. The van der Waals surface area contributed by atoms with E-state index in [4.69, 9.17) is 4.74 Å². The predicted molar refractivity (Wildman–Crippen MR) is 116 cm³/mol. The monoisotopic (exact) mass is 393 g/mol. The number of ether oxygens (including phenoxy) is 1. The van der Waals surface area contributed by atoms with Gasteiger partial charge in [-0.2, -0.15) is 5.10 Å². The second-order valence-corrected chi connectivity index (χ2v) is 7.97. The maximum Gasteiger partial charge on any atom is 0.122 e. The van der Waals surface area contributed by atoms with Crippen LogP contribution < -0.4 is 4.74 Å². The molecule has 1 N–H and O–H groups in total. The van der Waals surface area contributed by atoms with Crippen molar-refractivity contribution in [1.29, 1.82) is 0 Å². The van der Waals surface area contributed by atoms with Crippen LogP contribution in [-0.2, 0) is 12.8 Å². The van der Waals surface area contributed by atoms with Gasteiger partial charge in [-0.25, -0.2) is 4.52 Å². The van der Waals surface area contributed by atoms with Crippen LogP contribution in [0.2, 0.25) is 0 Å². The van der Waals surface area contributed by atoms with E-state index in [1.54, 1.807) is 6.20 Å². The summed E-state index contributed by atoms with van der Waals surface area (Å²) in [7, 11) is 0. The van der Waals surface area contributed by atoms with E-state index in [1.165, 1.54) is 12.0 Å². The van der Waals surface area contributed by atoms with Crippen molar-refractivity contribution < 1.29 is 9.84 Å². The van der Waals surface area contributed by atoms with Gasteiger partial charge in [0.25, 0.3) is 0 Å². The maximum atomic E-state index is 10.1. The highest BCUT2D eigenvalue weighted by Gasteiger charge is 2.24. The molecule has 154 valence electrons. The molecule has 2 heterocycles. The summed E-state index contributed by atoms with van der Waals surface area (Å²) in [6.45, 7) is 5.24. The molecule has 0 unspecified atom stereocenters. The minimum Gasteiger partial charge on any atom is -0.508 e. The van der Waals surface area contributed by atoms with Crippen LogP contribution >= 0.6 is 0 Å². The molecule has 1 aromatic carbocycles. The Morgan fingerprint density at radius 2 is 2.14 bits per heavy atom. The van der Waals surface area contributed by atoms with Crippen LogP contribution in [0.15, 0.2) is 48.8 Å². The smallest absolute Gasteiger partial charge is 0.122 e. The standard InChI is InChI=1S/C24H31N3O2/c1-2-13-26(20-8-9-23-19(17-20)6-5-7-24(23)28)14-3-4-16-29-22-11-15-27-21(18-22)10-12-25-27/h5-7,10-12,15,18,20,28H,2-4,8-9,13-14,16-17H2,1H3/t20-/m0/s1. The van der Waals surface area contributed by atoms with Gasteiger partial charge in [0.2, 0.25) is 0 Å². The molecule has 0 radical (unpaired) electrons. The zero-order valence-corrected chi connectivity index (χ0v) is 17.3. The molecule has 29 heavy (non-hydrogen) atoms. The Bertz CT molecular complexity index is 937. The van der Waals surface area contributed by atoms with Gasteiger partial charge in [-0.1, -0.05) is 19.1 Å². The lowest BCUT2D eigenvalue weighted by molar-refractivity contribution is 0.171. The molecule has 2 aromatic heterocycles. The average molecular weight is 394 g/mol. The molecule has 0 bridgehead atoms. The number of unbranched alkanes of at least 4 members (excludes halogenated alkanes) is 1. The van der Waals surface area contributed by atoms with Crippen molar-refractivity contribution in [3.63, 3.8) is 0 Å². The maximum absolute atomic E-state index is 10.1. The fourth-order valence-electron chi connectivity index (χ4n) is 4.44. The van der Waals surface area contributed by atoms with E-state index in [-0.39, 0.29) is 0 Å². The van der Waals surface area contributed by atoms with Crippen LogP contribution in [0.4, 0.5) is 0 Å². The third-order valence-electron chi connectivity index (χ3n) is 5.94. The zero-order chi connectivity index (χ0) is 20.1. The predicted octanol–water partition coefficient (Wildman–Crippen LogP) is 4.47. The number of phenolic OH excluding ortho intramolecular Hbond substituents is 1. The summed E-state index contributed by atoms with van der Waals surface area (Å²) in [5.74, 6) is 1.38. The second kappa shape index (κ2) is 9.31. The number of phenols is 1. The Balaban J connectivity index is 1.25. The molecule has 5 heteroatoms. The highest BCUT2D eigenvalue weighted by molar-refractivity contribution is 5.49. The van der Waals surface area contributed by atoms with Crippen LogP contribution in [-0.4, -0.2) is 45.4 Å². The fraction of sp³-hybridized carbons (Fsp3) is 0.458. The van der Waals surface area contributed by atoms with Crippen LogP contribution in [0.3, 0.4) is 0 Å². The van der Waals surface area contributed by atoms with Crippen molar-refractivity contribution in [3.8, 4) is 11.5 Å². The van der Waals surface area contributed by atoms with E-state index in [1.807, 2.05) is 41.0 Å². The summed E-state index contributed by atoms with van der Waals surface area (Å²) in [6, 6.07) is 12.5. The number of pyridine rings is 1. The summed E-state index contributed by atoms with van der Waals surface area (Å²) in [5.41, 5.74) is 3.53. The van der Waals surface area contributed by atoms with Gasteiger partial charge in [-0.15, -0.1) is 0 Å². The third kappa shape index (κ3) is 4.73. The summed E-state index contributed by atoms with van der Waals surface area (Å²) in [6.07, 6.45) is 10.3. The van der Waals surface area contributed by atoms with Gasteiger partial charge in [0.15, 0.2) is 0 Å². The number of nitrogens with zero attached hydrogens (tertiary/aromatic N) is 3. The topological polar surface area (TPSA) is 50.0 Å². The molecule has 0 spiro atoms. The minimum absolute atomic E-state index is 0.467. The second-order valence-electron chi connectivity index (χ2n) is 7.97. The van der Waals surface area contributed by atoms with E-state index in [0.29, 0.717) is 11.8 Å². The zero-order valence-electron chi connectivity index (χ0n) is 17.3. The first-order valence-corrected chi connectivity index (χ1v) is 10.8. The fourth-order valence-corrected chi connectivity index (χ4v) is 4.44. The lowest BCUT2D eigenvalue weighted by Gasteiger charge is -2.35. The largest absolute Gasteiger partial charge is 0.508 e. The van der Waals surface area contributed by atoms with Crippen molar-refractivity contribution in [1.82, 2.24) is 14.5 Å². The van der Waals surface area contributed by atoms with Crippen LogP contribution in [0, 0.1) is 0 Å². The molecule has 1 atom stereocenters. The van der Waals surface area contributed by atoms with Crippen LogP contribution in [0.5, 0.6) is 11.5 Å². The first-order valence-electron chi connectivity index (χ1n) is 10.8. The van der Waals surface area contributed by atoms with E-state index < -0.39 is 0 Å². The molecular formula is C24H31N3O2. The van der Waals surface area contributed by atoms with Gasteiger partial charge in [0.1, 0.15) is 11.5 Å². The minimum atomic E-state index is 0.467. The van der Waals surface area contributed by atoms with E-state index in [0.717, 1.165) is 68.6 Å². The quantitative estimate of drug-likeness (QED) is 0.545. The molecule has 0 fully saturated rings. The molecule has 0 amide bonds. The Kier molecular flexibility index (Phi) is 6.35. The Morgan fingerprint density at radius 1 is 1.21 bits per heavy atom. The number of rotatable bonds is 9. The number of benzene rings is 1. The highest BCUT2D eigenvalue weighted by atomic mass is 16.5. The third-order valence-corrected chi connectivity index (χ3v) is 5.94. The summed E-state index contributed by atoms with van der Waals surface area (Å²) >= 11 is 0. The van der Waals surface area contributed by atoms with Gasteiger partial charge in [-0.05, 0) is 80.9 Å². The van der Waals surface area contributed by atoms with Crippen molar-refractivity contribution >= 4 is 5.52 Å². The Hall–Kier alpha value is -2.53. The average Bonchev–Trinajstić information content (AvgIpc) is 3.20. The van der Waals surface area contributed by atoms with E-state index in [9.17, 15) is 5.11 Å². The Morgan fingerprint density at radius 3 is 3.03 bits per heavy atom. The number of hydrogen-bond donors (Lipinski definition) is 1. The van der Waals surface area contributed by atoms with Crippen molar-refractivity contribution in [2.45, 2.75) is 51.5 Å². The molecule has 0 aliphatic heterocycles. The number of aromatic nitrogens is 2. The summed E-state index contributed by atoms with van der Waals surface area (Å²) in [4.78, 5) is 2.64. The van der Waals surface area contributed by atoms with Gasteiger partial charge in [0, 0.05) is 24.5 Å². The number of fused-ring (bicyclic) bond motifs is 2. The molecule has 0 saturated heterocycles. The molecule has 0 saturated carbocycles. The molecular weight excluding hydrogens is 362 g/mol. The highest BCUT2D eigenvalue weighted by Crippen LogP contribution is 2.30. The molecule has 1 aliphatic rings. The van der Waals surface area contributed by atoms with Crippen LogP contribution in [0.1, 0.15) is 43.7 Å². The number of aromatic hydroxyl groups is 1. The van der Waals surface area contributed by atoms with Crippen molar-refractivity contribution in [2.24, 2.45) is 0 Å².